The second-order valence-corrected chi connectivity index (χ2v) is 6.05. The minimum atomic E-state index is -0.655. The topological polar surface area (TPSA) is 58.6 Å². The Kier molecular flexibility index (Phi) is 6.57. The molecule has 2 aromatic carbocycles. The Morgan fingerprint density at radius 1 is 1.08 bits per heavy atom. The number of carbonyl (C=O) groups excluding carboxylic acids is 2. The number of likely N-dealkylation sites (N-methyl/N-ethyl adjacent to an activating group) is 1. The van der Waals surface area contributed by atoms with Crippen molar-refractivity contribution in [3.63, 3.8) is 0 Å². The molecule has 0 aromatic heterocycles. The summed E-state index contributed by atoms with van der Waals surface area (Å²) in [5, 5.41) is 2.58. The molecule has 0 radical (unpaired) electrons. The Hall–Kier alpha value is -2.82. The second kappa shape index (κ2) is 8.87. The molecule has 0 heterocycles. The largest absolute Gasteiger partial charge is 0.445 e. The maximum atomic E-state index is 12.4. The van der Waals surface area contributed by atoms with Crippen LogP contribution in [0.5, 0.6) is 0 Å². The van der Waals surface area contributed by atoms with Gasteiger partial charge >= 0.3 is 6.09 Å². The highest BCUT2D eigenvalue weighted by atomic mass is 16.5. The van der Waals surface area contributed by atoms with E-state index in [1.165, 1.54) is 0 Å². The zero-order valence-electron chi connectivity index (χ0n) is 14.9. The third kappa shape index (κ3) is 5.64. The first kappa shape index (κ1) is 18.5. The van der Waals surface area contributed by atoms with E-state index in [0.29, 0.717) is 6.54 Å². The first-order chi connectivity index (χ1) is 12.0. The van der Waals surface area contributed by atoms with E-state index >= 15 is 0 Å². The number of hydrogen-bond acceptors (Lipinski definition) is 3. The van der Waals surface area contributed by atoms with Crippen molar-refractivity contribution in [2.75, 3.05) is 7.05 Å². The number of nitrogens with one attached hydrogen (secondary N) is 1. The molecule has 132 valence electrons. The van der Waals surface area contributed by atoms with Gasteiger partial charge in [-0.25, -0.2) is 4.79 Å². The molecule has 0 unspecified atom stereocenters. The van der Waals surface area contributed by atoms with E-state index in [1.807, 2.05) is 61.5 Å². The maximum Gasteiger partial charge on any atom is 0.408 e. The Morgan fingerprint density at radius 3 is 2.40 bits per heavy atom. The number of ether oxygens (including phenoxy) is 1. The van der Waals surface area contributed by atoms with Gasteiger partial charge in [-0.2, -0.15) is 0 Å². The molecule has 5 heteroatoms. The number of hydrogen-bond donors (Lipinski definition) is 1. The number of carbonyl (C=O) groups is 2. The van der Waals surface area contributed by atoms with Crippen LogP contribution in [-0.4, -0.2) is 30.0 Å². The molecule has 2 amide bonds. The lowest BCUT2D eigenvalue weighted by Gasteiger charge is -2.22. The third-order valence-electron chi connectivity index (χ3n) is 3.96. The fourth-order valence-electron chi connectivity index (χ4n) is 2.45. The fourth-order valence-corrected chi connectivity index (χ4v) is 2.45. The first-order valence-corrected chi connectivity index (χ1v) is 8.24. The van der Waals surface area contributed by atoms with Crippen LogP contribution in [0.4, 0.5) is 4.79 Å². The van der Waals surface area contributed by atoms with Crippen molar-refractivity contribution >= 4 is 12.0 Å². The molecule has 0 saturated carbocycles. The molecule has 0 saturated heterocycles. The maximum absolute atomic E-state index is 12.4. The summed E-state index contributed by atoms with van der Waals surface area (Å²) >= 11 is 0. The summed E-state index contributed by atoms with van der Waals surface area (Å²) in [5.41, 5.74) is 3.11. The minimum Gasteiger partial charge on any atom is -0.445 e. The average Bonchev–Trinajstić information content (AvgIpc) is 2.62. The number of rotatable bonds is 6. The summed E-state index contributed by atoms with van der Waals surface area (Å²) in [5.74, 6) is -0.167. The number of aryl methyl sites for hydroxylation is 1. The number of alkyl carbamates (subject to hydrolysis) is 1. The highest BCUT2D eigenvalue weighted by molar-refractivity contribution is 5.85. The predicted molar refractivity (Wildman–Crippen MR) is 96.9 cm³/mol. The number of nitrogens with zero attached hydrogens (tertiary/aromatic N) is 1. The minimum absolute atomic E-state index is 0.167. The summed E-state index contributed by atoms with van der Waals surface area (Å²) in [6.07, 6.45) is -0.603. The summed E-state index contributed by atoms with van der Waals surface area (Å²) < 4.78 is 5.15. The van der Waals surface area contributed by atoms with Crippen molar-refractivity contribution in [2.24, 2.45) is 0 Å². The van der Waals surface area contributed by atoms with E-state index in [4.69, 9.17) is 4.74 Å². The van der Waals surface area contributed by atoms with E-state index in [-0.39, 0.29) is 12.5 Å². The zero-order valence-corrected chi connectivity index (χ0v) is 14.9. The third-order valence-corrected chi connectivity index (χ3v) is 3.96. The van der Waals surface area contributed by atoms with Crippen molar-refractivity contribution in [1.82, 2.24) is 10.2 Å². The lowest BCUT2D eigenvalue weighted by molar-refractivity contribution is -0.132. The van der Waals surface area contributed by atoms with Gasteiger partial charge in [0.1, 0.15) is 12.6 Å². The quantitative estimate of drug-likeness (QED) is 0.878. The SMILES string of the molecule is Cc1ccccc1CN(C)C(=O)[C@H](C)NC(=O)OCc1ccccc1. The van der Waals surface area contributed by atoms with Gasteiger partial charge in [0, 0.05) is 13.6 Å². The standard InChI is InChI=1S/C20H24N2O3/c1-15-9-7-8-12-18(15)13-22(3)19(23)16(2)21-20(24)25-14-17-10-5-4-6-11-17/h4-12,16H,13-14H2,1-3H3,(H,21,24)/t16-/m0/s1. The van der Waals surface area contributed by atoms with Crippen LogP contribution < -0.4 is 5.32 Å². The Labute approximate surface area is 148 Å². The lowest BCUT2D eigenvalue weighted by atomic mass is 10.1. The van der Waals surface area contributed by atoms with Crippen LogP contribution >= 0.6 is 0 Å². The van der Waals surface area contributed by atoms with Crippen molar-refractivity contribution in [2.45, 2.75) is 33.0 Å². The van der Waals surface area contributed by atoms with Gasteiger partial charge in [-0.15, -0.1) is 0 Å². The van der Waals surface area contributed by atoms with Crippen LogP contribution in [0.1, 0.15) is 23.6 Å². The lowest BCUT2D eigenvalue weighted by Crippen LogP contribution is -2.45. The molecule has 0 fully saturated rings. The van der Waals surface area contributed by atoms with Crippen molar-refractivity contribution in [1.29, 1.82) is 0 Å². The van der Waals surface area contributed by atoms with Gasteiger partial charge in [-0.3, -0.25) is 4.79 Å². The second-order valence-electron chi connectivity index (χ2n) is 6.05. The smallest absolute Gasteiger partial charge is 0.408 e. The molecule has 0 aliphatic carbocycles. The molecule has 1 atom stereocenters. The van der Waals surface area contributed by atoms with E-state index in [1.54, 1.807) is 18.9 Å². The number of benzene rings is 2. The highest BCUT2D eigenvalue weighted by Crippen LogP contribution is 2.10. The van der Waals surface area contributed by atoms with Gasteiger partial charge in [-0.05, 0) is 30.5 Å². The van der Waals surface area contributed by atoms with Crippen LogP contribution in [0.25, 0.3) is 0 Å². The Balaban J connectivity index is 1.82. The molecular weight excluding hydrogens is 316 g/mol. The van der Waals surface area contributed by atoms with Gasteiger partial charge < -0.3 is 15.0 Å². The monoisotopic (exact) mass is 340 g/mol. The highest BCUT2D eigenvalue weighted by Gasteiger charge is 2.20. The molecular formula is C20H24N2O3. The number of amides is 2. The van der Waals surface area contributed by atoms with E-state index in [2.05, 4.69) is 5.32 Å². The van der Waals surface area contributed by atoms with Crippen molar-refractivity contribution in [3.8, 4) is 0 Å². The molecule has 2 rings (SSSR count). The summed E-state index contributed by atoms with van der Waals surface area (Å²) in [7, 11) is 1.72. The fraction of sp³-hybridized carbons (Fsp3) is 0.300. The van der Waals surface area contributed by atoms with Gasteiger partial charge in [0.2, 0.25) is 5.91 Å². The van der Waals surface area contributed by atoms with E-state index in [0.717, 1.165) is 16.7 Å². The van der Waals surface area contributed by atoms with Crippen LogP contribution in [0.3, 0.4) is 0 Å². The van der Waals surface area contributed by atoms with E-state index < -0.39 is 12.1 Å². The van der Waals surface area contributed by atoms with Crippen LogP contribution in [-0.2, 0) is 22.7 Å². The zero-order chi connectivity index (χ0) is 18.2. The molecule has 2 aromatic rings. The molecule has 0 aliphatic heterocycles. The van der Waals surface area contributed by atoms with Crippen molar-refractivity contribution < 1.29 is 14.3 Å². The molecule has 1 N–H and O–H groups in total. The van der Waals surface area contributed by atoms with Gasteiger partial charge in [0.25, 0.3) is 0 Å². The molecule has 5 nitrogen and oxygen atoms in total. The van der Waals surface area contributed by atoms with E-state index in [9.17, 15) is 9.59 Å². The average molecular weight is 340 g/mol. The first-order valence-electron chi connectivity index (χ1n) is 8.24. The summed E-state index contributed by atoms with van der Waals surface area (Å²) in [6, 6.07) is 16.7. The predicted octanol–water partition coefficient (Wildman–Crippen LogP) is 3.27. The van der Waals surface area contributed by atoms with Gasteiger partial charge in [0.15, 0.2) is 0 Å². The van der Waals surface area contributed by atoms with Crippen molar-refractivity contribution in [3.05, 3.63) is 71.3 Å². The normalized spacial score (nSPS) is 11.5. The van der Waals surface area contributed by atoms with Gasteiger partial charge in [0.05, 0.1) is 0 Å². The van der Waals surface area contributed by atoms with Crippen LogP contribution in [0.2, 0.25) is 0 Å². The molecule has 25 heavy (non-hydrogen) atoms. The molecule has 0 bridgehead atoms. The molecule has 0 aliphatic rings. The van der Waals surface area contributed by atoms with Gasteiger partial charge in [-0.1, -0.05) is 54.6 Å². The van der Waals surface area contributed by atoms with Crippen LogP contribution in [0, 0.1) is 6.92 Å². The summed E-state index contributed by atoms with van der Waals surface area (Å²) in [4.78, 5) is 25.9. The molecule has 0 spiro atoms. The van der Waals surface area contributed by atoms with Crippen LogP contribution in [0.15, 0.2) is 54.6 Å². The Morgan fingerprint density at radius 2 is 1.72 bits per heavy atom. The summed E-state index contributed by atoms with van der Waals surface area (Å²) in [6.45, 7) is 4.33. The Bertz CT molecular complexity index is 716.